The molecule has 0 saturated heterocycles. The van der Waals surface area contributed by atoms with Crippen LogP contribution in [-0.2, 0) is 25.6 Å². The van der Waals surface area contributed by atoms with Gasteiger partial charge in [0.25, 0.3) is 0 Å². The third-order valence-electron chi connectivity index (χ3n) is 3.76. The van der Waals surface area contributed by atoms with Crippen molar-refractivity contribution in [3.05, 3.63) is 18.2 Å². The van der Waals surface area contributed by atoms with Gasteiger partial charge in [0.1, 0.15) is 12.1 Å². The Labute approximate surface area is 156 Å². The van der Waals surface area contributed by atoms with Crippen molar-refractivity contribution < 1.29 is 24.3 Å². The topological polar surface area (TPSA) is 179 Å². The predicted molar refractivity (Wildman–Crippen MR) is 95.3 cm³/mol. The maximum absolute atomic E-state index is 12.0. The molecule has 0 spiro atoms. The normalized spacial score (nSPS) is 14.1. The first kappa shape index (κ1) is 22.1. The van der Waals surface area contributed by atoms with Crippen molar-refractivity contribution in [3.63, 3.8) is 0 Å². The van der Waals surface area contributed by atoms with Gasteiger partial charge in [-0.3, -0.25) is 14.4 Å². The SMILES string of the molecule is CC(NC(=O)C(N)Cc1cnc[nH]1)C(=O)NCC(=O)NC(C(=O)O)C(C)C. The second-order valence-corrected chi connectivity index (χ2v) is 6.46. The summed E-state index contributed by atoms with van der Waals surface area (Å²) in [6, 6.07) is -2.84. The van der Waals surface area contributed by atoms with Crippen molar-refractivity contribution >= 4 is 23.7 Å². The van der Waals surface area contributed by atoms with E-state index in [4.69, 9.17) is 10.8 Å². The van der Waals surface area contributed by atoms with Crippen LogP contribution in [0.15, 0.2) is 12.5 Å². The average molecular weight is 382 g/mol. The third kappa shape index (κ3) is 7.44. The van der Waals surface area contributed by atoms with E-state index in [1.165, 1.54) is 13.3 Å². The van der Waals surface area contributed by atoms with Crippen LogP contribution in [-0.4, -0.2) is 63.4 Å². The van der Waals surface area contributed by atoms with Crippen LogP contribution in [0.3, 0.4) is 0 Å². The Balaban J connectivity index is 2.41. The van der Waals surface area contributed by atoms with Crippen LogP contribution in [0.1, 0.15) is 26.5 Å². The first-order valence-corrected chi connectivity index (χ1v) is 8.44. The molecule has 1 heterocycles. The highest BCUT2D eigenvalue weighted by molar-refractivity contribution is 5.92. The molecule has 0 aliphatic carbocycles. The molecule has 7 N–H and O–H groups in total. The molecular formula is C16H26N6O5. The fourth-order valence-electron chi connectivity index (χ4n) is 2.17. The Bertz CT molecular complexity index is 660. The van der Waals surface area contributed by atoms with Gasteiger partial charge in [0.15, 0.2) is 0 Å². The first-order chi connectivity index (χ1) is 12.6. The predicted octanol–water partition coefficient (Wildman–Crippen LogP) is -1.87. The Morgan fingerprint density at radius 2 is 1.85 bits per heavy atom. The van der Waals surface area contributed by atoms with E-state index in [9.17, 15) is 19.2 Å². The number of carbonyl (C=O) groups is 4. The molecule has 0 radical (unpaired) electrons. The summed E-state index contributed by atoms with van der Waals surface area (Å²) in [5, 5.41) is 16.2. The zero-order valence-electron chi connectivity index (χ0n) is 15.5. The molecule has 11 nitrogen and oxygen atoms in total. The highest BCUT2D eigenvalue weighted by Gasteiger charge is 2.24. The number of carboxylic acids is 1. The minimum atomic E-state index is -1.16. The van der Waals surface area contributed by atoms with Crippen LogP contribution in [0.4, 0.5) is 0 Å². The quantitative estimate of drug-likeness (QED) is 0.274. The van der Waals surface area contributed by atoms with Gasteiger partial charge >= 0.3 is 5.97 Å². The van der Waals surface area contributed by atoms with Gasteiger partial charge in [-0.15, -0.1) is 0 Å². The summed E-state index contributed by atoms with van der Waals surface area (Å²) in [5.41, 5.74) is 6.46. The fourth-order valence-corrected chi connectivity index (χ4v) is 2.17. The molecule has 150 valence electrons. The molecule has 0 aliphatic heterocycles. The average Bonchev–Trinajstić information content (AvgIpc) is 3.09. The summed E-state index contributed by atoms with van der Waals surface area (Å²) in [7, 11) is 0. The van der Waals surface area contributed by atoms with Crippen molar-refractivity contribution in [2.45, 2.75) is 45.3 Å². The molecule has 3 unspecified atom stereocenters. The maximum atomic E-state index is 12.0. The Morgan fingerprint density at radius 3 is 2.37 bits per heavy atom. The minimum absolute atomic E-state index is 0.231. The highest BCUT2D eigenvalue weighted by Crippen LogP contribution is 2.01. The fraction of sp³-hybridized carbons (Fsp3) is 0.562. The summed E-state index contributed by atoms with van der Waals surface area (Å²) in [6.07, 6.45) is 3.24. The molecule has 0 aliphatic rings. The standard InChI is InChI=1S/C16H26N6O5/c1-8(2)13(16(26)27)22-12(23)6-19-14(24)9(3)21-15(25)11(17)4-10-5-18-7-20-10/h5,7-9,11,13H,4,6,17H2,1-3H3,(H,18,20)(H,19,24)(H,21,25)(H,22,23)(H,26,27). The third-order valence-corrected chi connectivity index (χ3v) is 3.76. The number of aromatic amines is 1. The van der Waals surface area contributed by atoms with E-state index in [0.29, 0.717) is 5.69 Å². The lowest BCUT2D eigenvalue weighted by atomic mass is 10.1. The second kappa shape index (κ2) is 10.3. The number of aliphatic carboxylic acids is 1. The highest BCUT2D eigenvalue weighted by atomic mass is 16.4. The van der Waals surface area contributed by atoms with Gasteiger partial charge in [0.2, 0.25) is 17.7 Å². The van der Waals surface area contributed by atoms with Gasteiger partial charge < -0.3 is 31.8 Å². The van der Waals surface area contributed by atoms with Gasteiger partial charge in [-0.2, -0.15) is 0 Å². The monoisotopic (exact) mass is 382 g/mol. The molecule has 0 fully saturated rings. The number of hydrogen-bond acceptors (Lipinski definition) is 6. The molecule has 1 rings (SSSR count). The first-order valence-electron chi connectivity index (χ1n) is 8.44. The Hall–Kier alpha value is -2.95. The van der Waals surface area contributed by atoms with Crippen LogP contribution in [0.25, 0.3) is 0 Å². The van der Waals surface area contributed by atoms with Crippen LogP contribution in [0.2, 0.25) is 0 Å². The van der Waals surface area contributed by atoms with Crippen LogP contribution >= 0.6 is 0 Å². The molecule has 1 aromatic rings. The molecule has 1 aromatic heterocycles. The number of aromatic nitrogens is 2. The Morgan fingerprint density at radius 1 is 1.19 bits per heavy atom. The summed E-state index contributed by atoms with van der Waals surface area (Å²) < 4.78 is 0. The molecule has 0 bridgehead atoms. The molecule has 11 heteroatoms. The summed E-state index contributed by atoms with van der Waals surface area (Å²) in [6.45, 7) is 4.35. The van der Waals surface area contributed by atoms with Crippen LogP contribution in [0, 0.1) is 5.92 Å². The molecule has 27 heavy (non-hydrogen) atoms. The van der Waals surface area contributed by atoms with Gasteiger partial charge in [0.05, 0.1) is 18.9 Å². The zero-order valence-corrected chi connectivity index (χ0v) is 15.5. The van der Waals surface area contributed by atoms with E-state index >= 15 is 0 Å². The number of amides is 3. The summed E-state index contributed by atoms with van der Waals surface area (Å²) in [5.74, 6) is -3.22. The van der Waals surface area contributed by atoms with Crippen molar-refractivity contribution in [3.8, 4) is 0 Å². The van der Waals surface area contributed by atoms with E-state index in [1.54, 1.807) is 20.0 Å². The summed E-state index contributed by atoms with van der Waals surface area (Å²) in [4.78, 5) is 53.5. The number of imidazole rings is 1. The molecule has 0 aromatic carbocycles. The van der Waals surface area contributed by atoms with Gasteiger partial charge in [-0.05, 0) is 12.8 Å². The zero-order chi connectivity index (χ0) is 20.6. The number of carboxylic acid groups (broad SMARTS) is 1. The smallest absolute Gasteiger partial charge is 0.326 e. The van der Waals surface area contributed by atoms with Crippen molar-refractivity contribution in [2.24, 2.45) is 11.7 Å². The van der Waals surface area contributed by atoms with Crippen LogP contribution < -0.4 is 21.7 Å². The van der Waals surface area contributed by atoms with Gasteiger partial charge in [-0.1, -0.05) is 13.8 Å². The lowest BCUT2D eigenvalue weighted by Gasteiger charge is -2.19. The Kier molecular flexibility index (Phi) is 8.39. The maximum Gasteiger partial charge on any atom is 0.326 e. The lowest BCUT2D eigenvalue weighted by molar-refractivity contribution is -0.143. The van der Waals surface area contributed by atoms with Crippen molar-refractivity contribution in [2.75, 3.05) is 6.54 Å². The number of hydrogen-bond donors (Lipinski definition) is 6. The molecule has 0 saturated carbocycles. The van der Waals surface area contributed by atoms with E-state index in [-0.39, 0.29) is 12.3 Å². The van der Waals surface area contributed by atoms with Crippen molar-refractivity contribution in [1.29, 1.82) is 0 Å². The second-order valence-electron chi connectivity index (χ2n) is 6.46. The number of nitrogens with one attached hydrogen (secondary N) is 4. The van der Waals surface area contributed by atoms with Crippen LogP contribution in [0.5, 0.6) is 0 Å². The van der Waals surface area contributed by atoms with Crippen molar-refractivity contribution in [1.82, 2.24) is 25.9 Å². The summed E-state index contributed by atoms with van der Waals surface area (Å²) >= 11 is 0. The molecular weight excluding hydrogens is 356 g/mol. The number of rotatable bonds is 10. The number of H-pyrrole nitrogens is 1. The van der Waals surface area contributed by atoms with E-state index in [0.717, 1.165) is 0 Å². The van der Waals surface area contributed by atoms with E-state index in [2.05, 4.69) is 25.9 Å². The van der Waals surface area contributed by atoms with Gasteiger partial charge in [-0.25, -0.2) is 9.78 Å². The molecule has 3 atom stereocenters. The van der Waals surface area contributed by atoms with E-state index < -0.39 is 48.4 Å². The number of nitrogens with zero attached hydrogens (tertiary/aromatic N) is 1. The minimum Gasteiger partial charge on any atom is -0.480 e. The lowest BCUT2D eigenvalue weighted by Crippen LogP contribution is -2.53. The van der Waals surface area contributed by atoms with E-state index in [1.807, 2.05) is 0 Å². The van der Waals surface area contributed by atoms with Gasteiger partial charge in [0, 0.05) is 18.3 Å². The number of nitrogens with two attached hydrogens (primary N) is 1. The largest absolute Gasteiger partial charge is 0.480 e. The number of carbonyl (C=O) groups excluding carboxylic acids is 3. The molecule has 3 amide bonds.